The van der Waals surface area contributed by atoms with E-state index in [2.05, 4.69) is 26.7 Å². The zero-order valence-corrected chi connectivity index (χ0v) is 5.09. The standard InChI is InChI=1S/C6H6N2O/c1-2-3-4-6-5-9-8-7-6/h5H,4H2,1H3. The fourth-order valence-corrected chi connectivity index (χ4v) is 0.440. The molecule has 0 aliphatic heterocycles. The first kappa shape index (κ1) is 5.83. The van der Waals surface area contributed by atoms with E-state index in [-0.39, 0.29) is 0 Å². The van der Waals surface area contributed by atoms with Crippen LogP contribution in [0.4, 0.5) is 0 Å². The summed E-state index contributed by atoms with van der Waals surface area (Å²) in [6, 6.07) is 0. The third-order valence-corrected chi connectivity index (χ3v) is 0.851. The van der Waals surface area contributed by atoms with Gasteiger partial charge in [0.2, 0.25) is 0 Å². The Morgan fingerprint density at radius 2 is 2.67 bits per heavy atom. The molecule has 1 heterocycles. The summed E-state index contributed by atoms with van der Waals surface area (Å²) in [7, 11) is 0. The maximum absolute atomic E-state index is 4.48. The first-order valence-corrected chi connectivity index (χ1v) is 2.59. The minimum Gasteiger partial charge on any atom is -0.345 e. The highest BCUT2D eigenvalue weighted by atomic mass is 16.5. The molecule has 3 nitrogen and oxygen atoms in total. The Labute approximate surface area is 53.0 Å². The monoisotopic (exact) mass is 122 g/mol. The van der Waals surface area contributed by atoms with Crippen LogP contribution in [0.5, 0.6) is 0 Å². The van der Waals surface area contributed by atoms with Gasteiger partial charge in [-0.3, -0.25) is 0 Å². The normalized spacial score (nSPS) is 8.11. The van der Waals surface area contributed by atoms with Gasteiger partial charge in [-0.05, 0) is 6.92 Å². The van der Waals surface area contributed by atoms with E-state index >= 15 is 0 Å². The van der Waals surface area contributed by atoms with Gasteiger partial charge in [-0.25, -0.2) is 0 Å². The van der Waals surface area contributed by atoms with E-state index in [0.717, 1.165) is 5.69 Å². The van der Waals surface area contributed by atoms with E-state index < -0.39 is 0 Å². The molecule has 46 valence electrons. The van der Waals surface area contributed by atoms with Crippen molar-refractivity contribution in [3.63, 3.8) is 0 Å². The Morgan fingerprint density at radius 1 is 1.78 bits per heavy atom. The van der Waals surface area contributed by atoms with Crippen LogP contribution in [-0.4, -0.2) is 10.4 Å². The number of nitrogens with zero attached hydrogens (tertiary/aromatic N) is 2. The highest BCUT2D eigenvalue weighted by Gasteiger charge is 1.90. The van der Waals surface area contributed by atoms with Gasteiger partial charge in [0.05, 0.1) is 6.42 Å². The van der Waals surface area contributed by atoms with Crippen molar-refractivity contribution in [2.45, 2.75) is 13.3 Å². The van der Waals surface area contributed by atoms with Crippen molar-refractivity contribution in [2.75, 3.05) is 0 Å². The first-order valence-electron chi connectivity index (χ1n) is 2.59. The number of rotatable bonds is 1. The fourth-order valence-electron chi connectivity index (χ4n) is 0.440. The SMILES string of the molecule is CC#CCc1conn1. The third-order valence-electron chi connectivity index (χ3n) is 0.851. The van der Waals surface area contributed by atoms with Gasteiger partial charge >= 0.3 is 0 Å². The van der Waals surface area contributed by atoms with Gasteiger partial charge in [0.1, 0.15) is 12.0 Å². The van der Waals surface area contributed by atoms with Gasteiger partial charge in [-0.1, -0.05) is 5.92 Å². The molecule has 0 spiro atoms. The second-order valence-corrected chi connectivity index (χ2v) is 1.50. The number of hydrogen-bond donors (Lipinski definition) is 0. The molecule has 1 rings (SSSR count). The van der Waals surface area contributed by atoms with E-state index in [0.29, 0.717) is 6.42 Å². The molecule has 0 atom stereocenters. The lowest BCUT2D eigenvalue weighted by Gasteiger charge is -1.74. The molecule has 0 fully saturated rings. The van der Waals surface area contributed by atoms with Crippen LogP contribution in [0.25, 0.3) is 0 Å². The van der Waals surface area contributed by atoms with Gasteiger partial charge in [0, 0.05) is 5.27 Å². The Bertz CT molecular complexity index is 217. The highest BCUT2D eigenvalue weighted by Crippen LogP contribution is 1.89. The summed E-state index contributed by atoms with van der Waals surface area (Å²) >= 11 is 0. The molecule has 0 amide bonds. The highest BCUT2D eigenvalue weighted by molar-refractivity contribution is 5.06. The Kier molecular flexibility index (Phi) is 1.86. The average molecular weight is 122 g/mol. The molecule has 0 aliphatic rings. The fraction of sp³-hybridized carbons (Fsp3) is 0.333. The van der Waals surface area contributed by atoms with E-state index in [1.165, 1.54) is 6.26 Å². The minimum atomic E-state index is 0.625. The summed E-state index contributed by atoms with van der Waals surface area (Å²) < 4.78 is 4.48. The molecule has 1 aromatic heterocycles. The molecule has 0 bridgehead atoms. The topological polar surface area (TPSA) is 38.9 Å². The molecule has 0 saturated carbocycles. The van der Waals surface area contributed by atoms with E-state index in [9.17, 15) is 0 Å². The molecule has 0 unspecified atom stereocenters. The summed E-state index contributed by atoms with van der Waals surface area (Å²) in [5.41, 5.74) is 0.782. The van der Waals surface area contributed by atoms with Crippen LogP contribution >= 0.6 is 0 Å². The third kappa shape index (κ3) is 1.57. The molecule has 3 heteroatoms. The van der Waals surface area contributed by atoms with Crippen LogP contribution in [-0.2, 0) is 6.42 Å². The Morgan fingerprint density at radius 3 is 3.22 bits per heavy atom. The molecule has 0 aromatic carbocycles. The molecular formula is C6H6N2O. The average Bonchev–Trinajstić information content (AvgIpc) is 2.34. The van der Waals surface area contributed by atoms with Crippen molar-refractivity contribution in [3.05, 3.63) is 12.0 Å². The summed E-state index contributed by atoms with van der Waals surface area (Å²) in [4.78, 5) is 0. The van der Waals surface area contributed by atoms with Crippen molar-refractivity contribution >= 4 is 0 Å². The molecular weight excluding hydrogens is 116 g/mol. The van der Waals surface area contributed by atoms with Crippen LogP contribution in [0, 0.1) is 11.8 Å². The molecule has 1 aromatic rings. The number of aromatic nitrogens is 2. The van der Waals surface area contributed by atoms with Crippen LogP contribution < -0.4 is 0 Å². The maximum Gasteiger partial charge on any atom is 0.148 e. The second-order valence-electron chi connectivity index (χ2n) is 1.50. The zero-order valence-electron chi connectivity index (χ0n) is 5.09. The van der Waals surface area contributed by atoms with Gasteiger partial charge in [-0.2, -0.15) is 0 Å². The van der Waals surface area contributed by atoms with Crippen molar-refractivity contribution in [3.8, 4) is 11.8 Å². The van der Waals surface area contributed by atoms with E-state index in [1.54, 1.807) is 6.92 Å². The lowest BCUT2D eigenvalue weighted by atomic mass is 10.3. The van der Waals surface area contributed by atoms with Gasteiger partial charge in [0.25, 0.3) is 0 Å². The lowest BCUT2D eigenvalue weighted by molar-refractivity contribution is 0.392. The van der Waals surface area contributed by atoms with E-state index in [1.807, 2.05) is 0 Å². The second kappa shape index (κ2) is 2.88. The van der Waals surface area contributed by atoms with Gasteiger partial charge in [0.15, 0.2) is 0 Å². The van der Waals surface area contributed by atoms with Crippen molar-refractivity contribution < 1.29 is 4.52 Å². The molecule has 9 heavy (non-hydrogen) atoms. The van der Waals surface area contributed by atoms with Crippen LogP contribution in [0.1, 0.15) is 12.6 Å². The summed E-state index contributed by atoms with van der Waals surface area (Å²) in [6.45, 7) is 1.79. The first-order chi connectivity index (χ1) is 4.43. The smallest absolute Gasteiger partial charge is 0.148 e. The lowest BCUT2D eigenvalue weighted by Crippen LogP contribution is -1.79. The summed E-state index contributed by atoms with van der Waals surface area (Å²) in [5.74, 6) is 5.58. The van der Waals surface area contributed by atoms with Crippen molar-refractivity contribution in [1.29, 1.82) is 0 Å². The van der Waals surface area contributed by atoms with Crippen LogP contribution in [0.15, 0.2) is 10.8 Å². The van der Waals surface area contributed by atoms with Gasteiger partial charge < -0.3 is 4.52 Å². The predicted molar refractivity (Wildman–Crippen MR) is 31.5 cm³/mol. The van der Waals surface area contributed by atoms with Crippen molar-refractivity contribution in [2.24, 2.45) is 0 Å². The molecule has 0 radical (unpaired) electrons. The maximum atomic E-state index is 4.48. The van der Waals surface area contributed by atoms with Gasteiger partial charge in [-0.15, -0.1) is 11.0 Å². The summed E-state index contributed by atoms with van der Waals surface area (Å²) in [6.07, 6.45) is 2.12. The Balaban J connectivity index is 2.54. The molecule has 0 N–H and O–H groups in total. The summed E-state index contributed by atoms with van der Waals surface area (Å²) in [5, 5.41) is 6.92. The molecule has 0 aliphatic carbocycles. The van der Waals surface area contributed by atoms with Crippen LogP contribution in [0.3, 0.4) is 0 Å². The van der Waals surface area contributed by atoms with E-state index in [4.69, 9.17) is 0 Å². The minimum absolute atomic E-state index is 0.625. The Hall–Kier alpha value is -1.30. The van der Waals surface area contributed by atoms with Crippen LogP contribution in [0.2, 0.25) is 0 Å². The quantitative estimate of drug-likeness (QED) is 0.513. The molecule has 0 saturated heterocycles. The number of hydrogen-bond acceptors (Lipinski definition) is 3. The zero-order chi connectivity index (χ0) is 6.53. The largest absolute Gasteiger partial charge is 0.345 e. The van der Waals surface area contributed by atoms with Crippen molar-refractivity contribution in [1.82, 2.24) is 10.4 Å². The predicted octanol–water partition coefficient (Wildman–Crippen LogP) is 0.635.